The Balaban J connectivity index is 1.90. The van der Waals surface area contributed by atoms with Crippen molar-refractivity contribution >= 4 is 16.0 Å². The van der Waals surface area contributed by atoms with E-state index in [1.807, 2.05) is 44.2 Å². The maximum Gasteiger partial charge on any atom is 0.336 e. The van der Waals surface area contributed by atoms with Gasteiger partial charge in [0.1, 0.15) is 0 Å². The topological polar surface area (TPSA) is 74.7 Å². The van der Waals surface area contributed by atoms with E-state index in [1.54, 1.807) is 16.4 Å². The van der Waals surface area contributed by atoms with E-state index in [1.165, 1.54) is 32.1 Å². The predicted octanol–water partition coefficient (Wildman–Crippen LogP) is 5.87. The third kappa shape index (κ3) is 6.20. The lowest BCUT2D eigenvalue weighted by Gasteiger charge is -2.27. The summed E-state index contributed by atoms with van der Waals surface area (Å²) in [7, 11) is -3.37. The molecule has 0 atom stereocenters. The second kappa shape index (κ2) is 11.1. The van der Waals surface area contributed by atoms with Gasteiger partial charge in [-0.25, -0.2) is 13.2 Å². The minimum absolute atomic E-state index is 0.134. The SMILES string of the molecule is CCCS(=O)(=O)N(CCC1CCCCC1)Cc1ccc(C(=O)O)c(-c2ccccc2C)c1. The van der Waals surface area contributed by atoms with E-state index < -0.39 is 16.0 Å². The Morgan fingerprint density at radius 1 is 1.06 bits per heavy atom. The highest BCUT2D eigenvalue weighted by atomic mass is 32.2. The lowest BCUT2D eigenvalue weighted by atomic mass is 9.87. The fraction of sp³-hybridized carbons (Fsp3) is 0.500. The smallest absolute Gasteiger partial charge is 0.336 e. The van der Waals surface area contributed by atoms with Crippen LogP contribution >= 0.6 is 0 Å². The maximum absolute atomic E-state index is 13.0. The van der Waals surface area contributed by atoms with Crippen molar-refractivity contribution in [3.8, 4) is 11.1 Å². The first-order valence-electron chi connectivity index (χ1n) is 11.7. The molecule has 1 aliphatic rings. The van der Waals surface area contributed by atoms with E-state index in [4.69, 9.17) is 0 Å². The van der Waals surface area contributed by atoms with Crippen LogP contribution in [0.25, 0.3) is 11.1 Å². The highest BCUT2D eigenvalue weighted by Gasteiger charge is 2.24. The highest BCUT2D eigenvalue weighted by molar-refractivity contribution is 7.89. The molecule has 6 heteroatoms. The van der Waals surface area contributed by atoms with Gasteiger partial charge in [0.2, 0.25) is 10.0 Å². The van der Waals surface area contributed by atoms with Crippen molar-refractivity contribution in [2.75, 3.05) is 12.3 Å². The Bertz CT molecular complexity index is 1030. The van der Waals surface area contributed by atoms with Crippen LogP contribution in [-0.4, -0.2) is 36.1 Å². The molecule has 0 amide bonds. The second-order valence-electron chi connectivity index (χ2n) is 8.94. The first-order chi connectivity index (χ1) is 15.3. The van der Waals surface area contributed by atoms with Gasteiger partial charge in [-0.3, -0.25) is 0 Å². The molecular weight excluding hydrogens is 422 g/mol. The molecule has 0 unspecified atom stereocenters. The number of sulfonamides is 1. The van der Waals surface area contributed by atoms with Gasteiger partial charge >= 0.3 is 5.97 Å². The van der Waals surface area contributed by atoms with Crippen LogP contribution in [0.15, 0.2) is 42.5 Å². The van der Waals surface area contributed by atoms with Crippen LogP contribution in [-0.2, 0) is 16.6 Å². The van der Waals surface area contributed by atoms with E-state index >= 15 is 0 Å². The number of carbonyl (C=O) groups is 1. The normalized spacial score (nSPS) is 15.2. The van der Waals surface area contributed by atoms with Crippen molar-refractivity contribution in [3.63, 3.8) is 0 Å². The van der Waals surface area contributed by atoms with Crippen LogP contribution in [0.3, 0.4) is 0 Å². The molecule has 1 aliphatic carbocycles. The maximum atomic E-state index is 13.0. The molecule has 5 nitrogen and oxygen atoms in total. The van der Waals surface area contributed by atoms with Crippen molar-refractivity contribution in [1.29, 1.82) is 0 Å². The minimum Gasteiger partial charge on any atom is -0.478 e. The summed E-state index contributed by atoms with van der Waals surface area (Å²) < 4.78 is 27.7. The Kier molecular flexibility index (Phi) is 8.49. The second-order valence-corrected chi connectivity index (χ2v) is 11.0. The van der Waals surface area contributed by atoms with E-state index in [9.17, 15) is 18.3 Å². The van der Waals surface area contributed by atoms with Crippen LogP contribution in [0, 0.1) is 12.8 Å². The summed E-state index contributed by atoms with van der Waals surface area (Å²) in [4.78, 5) is 11.9. The van der Waals surface area contributed by atoms with Gasteiger partial charge in [0.15, 0.2) is 0 Å². The highest BCUT2D eigenvalue weighted by Crippen LogP contribution is 2.30. The van der Waals surface area contributed by atoms with Gasteiger partial charge in [-0.2, -0.15) is 4.31 Å². The van der Waals surface area contributed by atoms with Crippen molar-refractivity contribution in [3.05, 3.63) is 59.2 Å². The van der Waals surface area contributed by atoms with Gasteiger partial charge in [-0.05, 0) is 60.1 Å². The molecule has 174 valence electrons. The number of hydrogen-bond donors (Lipinski definition) is 1. The standard InChI is InChI=1S/C26H35NO4S/c1-3-17-32(30,31)27(16-15-21-10-5-4-6-11-21)19-22-13-14-24(26(28)29)25(18-22)23-12-8-7-9-20(23)2/h7-9,12-14,18,21H,3-6,10-11,15-17,19H2,1-2H3,(H,28,29). The summed E-state index contributed by atoms with van der Waals surface area (Å²) in [5, 5.41) is 9.71. The third-order valence-corrected chi connectivity index (χ3v) is 8.50. The fourth-order valence-electron chi connectivity index (χ4n) is 4.68. The number of nitrogens with zero attached hydrogens (tertiary/aromatic N) is 1. The zero-order valence-electron chi connectivity index (χ0n) is 19.2. The number of rotatable bonds is 10. The molecule has 0 saturated heterocycles. The summed E-state index contributed by atoms with van der Waals surface area (Å²) in [6.45, 7) is 4.63. The minimum atomic E-state index is -3.37. The van der Waals surface area contributed by atoms with Crippen molar-refractivity contribution in [2.45, 2.75) is 65.3 Å². The quantitative estimate of drug-likeness (QED) is 0.484. The van der Waals surface area contributed by atoms with Crippen molar-refractivity contribution in [2.24, 2.45) is 5.92 Å². The van der Waals surface area contributed by atoms with Gasteiger partial charge in [0.05, 0.1) is 11.3 Å². The number of aromatic carboxylic acids is 1. The van der Waals surface area contributed by atoms with Gasteiger partial charge < -0.3 is 5.11 Å². The average molecular weight is 458 g/mol. The summed E-state index contributed by atoms with van der Waals surface area (Å²) in [5.74, 6) is -0.252. The van der Waals surface area contributed by atoms with E-state index in [2.05, 4.69) is 0 Å². The summed E-state index contributed by atoms with van der Waals surface area (Å²) in [6, 6.07) is 12.9. The van der Waals surface area contributed by atoms with Crippen LogP contribution in [0.2, 0.25) is 0 Å². The molecule has 2 aromatic carbocycles. The summed E-state index contributed by atoms with van der Waals surface area (Å²) >= 11 is 0. The molecule has 2 aromatic rings. The van der Waals surface area contributed by atoms with Gasteiger partial charge in [0.25, 0.3) is 0 Å². The first-order valence-corrected chi connectivity index (χ1v) is 13.3. The molecule has 1 fully saturated rings. The van der Waals surface area contributed by atoms with Gasteiger partial charge in [-0.1, -0.05) is 69.4 Å². The Morgan fingerprint density at radius 3 is 2.44 bits per heavy atom. The van der Waals surface area contributed by atoms with Crippen molar-refractivity contribution in [1.82, 2.24) is 4.31 Å². The monoisotopic (exact) mass is 457 g/mol. The molecule has 1 saturated carbocycles. The zero-order chi connectivity index (χ0) is 23.1. The lowest BCUT2D eigenvalue weighted by molar-refractivity contribution is 0.0697. The molecule has 0 aromatic heterocycles. The Labute approximate surface area is 192 Å². The molecule has 0 radical (unpaired) electrons. The molecule has 0 heterocycles. The fourth-order valence-corrected chi connectivity index (χ4v) is 6.19. The predicted molar refractivity (Wildman–Crippen MR) is 129 cm³/mol. The number of carboxylic acid groups (broad SMARTS) is 1. The summed E-state index contributed by atoms with van der Waals surface area (Å²) in [5.41, 5.74) is 3.52. The molecular formula is C26H35NO4S. The first kappa shape index (κ1) is 24.5. The Hall–Kier alpha value is -2.18. The van der Waals surface area contributed by atoms with Crippen LogP contribution in [0.4, 0.5) is 0 Å². The van der Waals surface area contributed by atoms with Gasteiger partial charge in [-0.15, -0.1) is 0 Å². The molecule has 1 N–H and O–H groups in total. The van der Waals surface area contributed by atoms with E-state index in [0.717, 1.165) is 23.1 Å². The molecule has 0 spiro atoms. The molecule has 32 heavy (non-hydrogen) atoms. The molecule has 0 aliphatic heterocycles. The summed E-state index contributed by atoms with van der Waals surface area (Å²) in [6.07, 6.45) is 7.60. The molecule has 3 rings (SSSR count). The molecule has 0 bridgehead atoms. The van der Waals surface area contributed by atoms with E-state index in [-0.39, 0.29) is 17.9 Å². The van der Waals surface area contributed by atoms with Gasteiger partial charge in [0, 0.05) is 13.1 Å². The van der Waals surface area contributed by atoms with Crippen LogP contribution in [0.1, 0.15) is 73.4 Å². The number of carboxylic acids is 1. The van der Waals surface area contributed by atoms with Crippen LogP contribution < -0.4 is 0 Å². The number of aryl methyl sites for hydroxylation is 1. The van der Waals surface area contributed by atoms with Crippen molar-refractivity contribution < 1.29 is 18.3 Å². The zero-order valence-corrected chi connectivity index (χ0v) is 20.0. The Morgan fingerprint density at radius 2 is 1.78 bits per heavy atom. The number of benzene rings is 2. The number of hydrogen-bond acceptors (Lipinski definition) is 3. The third-order valence-electron chi connectivity index (χ3n) is 6.48. The van der Waals surface area contributed by atoms with E-state index in [0.29, 0.717) is 24.4 Å². The lowest BCUT2D eigenvalue weighted by Crippen LogP contribution is -2.34. The average Bonchev–Trinajstić information content (AvgIpc) is 2.77. The van der Waals surface area contributed by atoms with Crippen LogP contribution in [0.5, 0.6) is 0 Å². The largest absolute Gasteiger partial charge is 0.478 e.